The Morgan fingerprint density at radius 3 is 2.48 bits per heavy atom. The molecule has 0 saturated carbocycles. The Bertz CT molecular complexity index is 492. The van der Waals surface area contributed by atoms with E-state index in [0.29, 0.717) is 12.4 Å². The van der Waals surface area contributed by atoms with Crippen LogP contribution < -0.4 is 0 Å². The van der Waals surface area contributed by atoms with Crippen molar-refractivity contribution in [2.75, 3.05) is 6.61 Å². The van der Waals surface area contributed by atoms with E-state index in [1.165, 1.54) is 19.3 Å². The minimum atomic E-state index is -0.188. The highest BCUT2D eigenvalue weighted by molar-refractivity contribution is 5.72. The van der Waals surface area contributed by atoms with Gasteiger partial charge in [-0.15, -0.1) is 0 Å². The summed E-state index contributed by atoms with van der Waals surface area (Å²) in [4.78, 5) is 11.9. The highest BCUT2D eigenvalue weighted by atomic mass is 16.5. The first-order chi connectivity index (χ1) is 10.9. The van der Waals surface area contributed by atoms with Gasteiger partial charge in [0.25, 0.3) is 0 Å². The van der Waals surface area contributed by atoms with Gasteiger partial charge in [-0.25, -0.2) is 0 Å². The summed E-state index contributed by atoms with van der Waals surface area (Å²) in [6, 6.07) is 5.41. The quantitative estimate of drug-likeness (QED) is 0.480. The summed E-state index contributed by atoms with van der Waals surface area (Å²) in [7, 11) is 0. The van der Waals surface area contributed by atoms with E-state index in [-0.39, 0.29) is 17.8 Å². The molecule has 23 heavy (non-hydrogen) atoms. The van der Waals surface area contributed by atoms with Crippen LogP contribution in [-0.2, 0) is 21.4 Å². The number of carbonyl (C=O) groups excluding carboxylic acids is 1. The molecule has 0 aliphatic carbocycles. The second-order valence-electron chi connectivity index (χ2n) is 6.90. The lowest BCUT2D eigenvalue weighted by molar-refractivity contribution is -0.142. The topological polar surface area (TPSA) is 46.5 Å². The molecule has 1 rings (SSSR count). The number of phenols is 1. The summed E-state index contributed by atoms with van der Waals surface area (Å²) in [5, 5.41) is 10.1. The summed E-state index contributed by atoms with van der Waals surface area (Å²) in [5.74, 6) is 0.108. The molecule has 0 saturated heterocycles. The number of rotatable bonds is 10. The number of phenolic OH excluding ortho intramolecular Hbond substituents is 1. The molecule has 1 aromatic carbocycles. The molecule has 0 fully saturated rings. The minimum absolute atomic E-state index is 0.108. The summed E-state index contributed by atoms with van der Waals surface area (Å²) in [6.45, 7) is 8.99. The first-order valence-corrected chi connectivity index (χ1v) is 8.88. The van der Waals surface area contributed by atoms with E-state index in [2.05, 4.69) is 27.7 Å². The van der Waals surface area contributed by atoms with E-state index in [1.807, 2.05) is 6.07 Å². The molecule has 0 spiro atoms. The Kier molecular flexibility index (Phi) is 8.15. The van der Waals surface area contributed by atoms with Gasteiger partial charge in [-0.2, -0.15) is 0 Å². The Labute approximate surface area is 141 Å². The van der Waals surface area contributed by atoms with Gasteiger partial charge in [0.2, 0.25) is 0 Å². The summed E-state index contributed by atoms with van der Waals surface area (Å²) in [6.07, 6.45) is 6.93. The van der Waals surface area contributed by atoms with Crippen LogP contribution in [0.4, 0.5) is 0 Å². The maximum atomic E-state index is 11.9. The molecule has 1 aromatic rings. The van der Waals surface area contributed by atoms with Crippen molar-refractivity contribution in [3.8, 4) is 5.75 Å². The van der Waals surface area contributed by atoms with Gasteiger partial charge in [0.15, 0.2) is 0 Å². The maximum absolute atomic E-state index is 11.9. The van der Waals surface area contributed by atoms with Crippen LogP contribution in [-0.4, -0.2) is 17.7 Å². The molecule has 1 N–H and O–H groups in total. The predicted molar refractivity (Wildman–Crippen MR) is 94.8 cm³/mol. The van der Waals surface area contributed by atoms with Crippen LogP contribution in [0.15, 0.2) is 18.2 Å². The molecule has 0 aliphatic rings. The Hall–Kier alpha value is -1.51. The number of unbranched alkanes of at least 4 members (excludes halogenated alkanes) is 4. The fraction of sp³-hybridized carbons (Fsp3) is 0.650. The average Bonchev–Trinajstić information content (AvgIpc) is 2.52. The highest BCUT2D eigenvalue weighted by Crippen LogP contribution is 2.34. The van der Waals surface area contributed by atoms with Gasteiger partial charge < -0.3 is 9.84 Å². The number of hydrogen-bond donors (Lipinski definition) is 1. The van der Waals surface area contributed by atoms with E-state index in [4.69, 9.17) is 4.74 Å². The lowest BCUT2D eigenvalue weighted by Crippen LogP contribution is -2.16. The maximum Gasteiger partial charge on any atom is 0.310 e. The van der Waals surface area contributed by atoms with E-state index in [1.54, 1.807) is 12.1 Å². The molecule has 0 aliphatic heterocycles. The molecule has 3 nitrogen and oxygen atoms in total. The van der Waals surface area contributed by atoms with Gasteiger partial charge in [0.05, 0.1) is 13.0 Å². The Balaban J connectivity index is 2.51. The number of esters is 1. The zero-order valence-electron chi connectivity index (χ0n) is 15.2. The molecule has 0 heterocycles. The molecular formula is C20H32O3. The van der Waals surface area contributed by atoms with Crippen LogP contribution in [0.25, 0.3) is 0 Å². The second-order valence-corrected chi connectivity index (χ2v) is 6.90. The molecule has 130 valence electrons. The normalized spacial score (nSPS) is 11.5. The van der Waals surface area contributed by atoms with Crippen LogP contribution in [0.2, 0.25) is 0 Å². The van der Waals surface area contributed by atoms with E-state index >= 15 is 0 Å². The summed E-state index contributed by atoms with van der Waals surface area (Å²) >= 11 is 0. The largest absolute Gasteiger partial charge is 0.508 e. The van der Waals surface area contributed by atoms with Gasteiger partial charge >= 0.3 is 5.97 Å². The molecular weight excluding hydrogens is 288 g/mol. The van der Waals surface area contributed by atoms with Crippen molar-refractivity contribution in [3.05, 3.63) is 29.3 Å². The predicted octanol–water partition coefficient (Wildman–Crippen LogP) is 5.14. The van der Waals surface area contributed by atoms with E-state index < -0.39 is 0 Å². The average molecular weight is 320 g/mol. The molecule has 0 bridgehead atoms. The molecule has 3 heteroatoms. The van der Waals surface area contributed by atoms with Crippen molar-refractivity contribution in [2.45, 2.75) is 78.1 Å². The summed E-state index contributed by atoms with van der Waals surface area (Å²) < 4.78 is 5.31. The van der Waals surface area contributed by atoms with Crippen LogP contribution in [0.1, 0.15) is 77.3 Å². The van der Waals surface area contributed by atoms with Gasteiger partial charge in [0, 0.05) is 0 Å². The van der Waals surface area contributed by atoms with E-state index in [0.717, 1.165) is 30.4 Å². The number of aromatic hydroxyl groups is 1. The van der Waals surface area contributed by atoms with Crippen LogP contribution in [0, 0.1) is 0 Å². The molecule has 0 aromatic heterocycles. The third-order valence-electron chi connectivity index (χ3n) is 4.53. The van der Waals surface area contributed by atoms with Crippen molar-refractivity contribution in [1.29, 1.82) is 0 Å². The molecule has 0 amide bonds. The molecule has 0 radical (unpaired) electrons. The number of ether oxygens (including phenoxy) is 1. The third-order valence-corrected chi connectivity index (χ3v) is 4.53. The van der Waals surface area contributed by atoms with Crippen molar-refractivity contribution >= 4 is 5.97 Å². The Morgan fingerprint density at radius 2 is 1.83 bits per heavy atom. The standard InChI is InChI=1S/C20H32O3/c1-5-7-8-9-10-13-23-19(22)15-16-11-12-18(21)17(14-16)20(3,4)6-2/h11-12,14,21H,5-10,13,15H2,1-4H3. The van der Waals surface area contributed by atoms with Gasteiger partial charge in [-0.1, -0.05) is 65.5 Å². The first kappa shape index (κ1) is 19.5. The van der Waals surface area contributed by atoms with Crippen molar-refractivity contribution < 1.29 is 14.6 Å². The monoisotopic (exact) mass is 320 g/mol. The smallest absolute Gasteiger partial charge is 0.310 e. The number of benzene rings is 1. The van der Waals surface area contributed by atoms with E-state index in [9.17, 15) is 9.90 Å². The van der Waals surface area contributed by atoms with Gasteiger partial charge in [0.1, 0.15) is 5.75 Å². The summed E-state index contributed by atoms with van der Waals surface area (Å²) in [5.41, 5.74) is 1.68. The lowest BCUT2D eigenvalue weighted by Gasteiger charge is -2.25. The zero-order chi connectivity index (χ0) is 17.3. The highest BCUT2D eigenvalue weighted by Gasteiger charge is 2.22. The second kappa shape index (κ2) is 9.59. The van der Waals surface area contributed by atoms with Gasteiger partial charge in [-0.05, 0) is 35.4 Å². The third kappa shape index (κ3) is 6.64. The SMILES string of the molecule is CCCCCCCOC(=O)Cc1ccc(O)c(C(C)(C)CC)c1. The van der Waals surface area contributed by atoms with Crippen LogP contribution >= 0.6 is 0 Å². The Morgan fingerprint density at radius 1 is 1.13 bits per heavy atom. The lowest BCUT2D eigenvalue weighted by atomic mass is 9.81. The minimum Gasteiger partial charge on any atom is -0.508 e. The molecule has 0 unspecified atom stereocenters. The fourth-order valence-corrected chi connectivity index (χ4v) is 2.53. The zero-order valence-corrected chi connectivity index (χ0v) is 15.2. The number of carbonyl (C=O) groups is 1. The van der Waals surface area contributed by atoms with Crippen LogP contribution in [0.5, 0.6) is 5.75 Å². The van der Waals surface area contributed by atoms with Crippen LogP contribution in [0.3, 0.4) is 0 Å². The number of hydrogen-bond acceptors (Lipinski definition) is 3. The fourth-order valence-electron chi connectivity index (χ4n) is 2.53. The van der Waals surface area contributed by atoms with Crippen molar-refractivity contribution in [3.63, 3.8) is 0 Å². The molecule has 0 atom stereocenters. The van der Waals surface area contributed by atoms with Gasteiger partial charge in [-0.3, -0.25) is 4.79 Å². The van der Waals surface area contributed by atoms with Crippen molar-refractivity contribution in [2.24, 2.45) is 0 Å². The first-order valence-electron chi connectivity index (χ1n) is 8.88. The van der Waals surface area contributed by atoms with Crippen molar-refractivity contribution in [1.82, 2.24) is 0 Å².